The lowest BCUT2D eigenvalue weighted by Crippen LogP contribution is -2.47. The fourth-order valence-electron chi connectivity index (χ4n) is 0.578. The summed E-state index contributed by atoms with van der Waals surface area (Å²) >= 11 is 0. The predicted octanol–water partition coefficient (Wildman–Crippen LogP) is -2.52. The third-order valence-corrected chi connectivity index (χ3v) is 1.65. The van der Waals surface area contributed by atoms with Gasteiger partial charge in [0, 0.05) is 0 Å². The van der Waals surface area contributed by atoms with E-state index in [-0.39, 0.29) is 0 Å². The summed E-state index contributed by atoms with van der Waals surface area (Å²) < 4.78 is 0. The van der Waals surface area contributed by atoms with E-state index in [1.807, 2.05) is 0 Å². The lowest BCUT2D eigenvalue weighted by atomic mass is 9.90. The Kier molecular flexibility index (Phi) is 4.56. The summed E-state index contributed by atoms with van der Waals surface area (Å²) in [6.45, 7) is -2.51. The van der Waals surface area contributed by atoms with Crippen LogP contribution in [0.3, 0.4) is 0 Å². The highest BCUT2D eigenvalue weighted by Gasteiger charge is 2.39. The number of nitrogens with zero attached hydrogens (tertiary/aromatic N) is 1. The minimum absolute atomic E-state index is 0.838. The van der Waals surface area contributed by atoms with E-state index in [1.165, 1.54) is 0 Å². The van der Waals surface area contributed by atoms with Gasteiger partial charge in [-0.05, 0) is 0 Å². The van der Waals surface area contributed by atoms with Crippen LogP contribution in [-0.4, -0.2) is 51.6 Å². The number of aliphatic hydroxyl groups is 4. The molecule has 1 atom stereocenters. The molecule has 0 spiro atoms. The van der Waals surface area contributed by atoms with E-state index in [4.69, 9.17) is 20.4 Å². The Morgan fingerprint density at radius 1 is 1.31 bits per heavy atom. The Morgan fingerprint density at radius 2 is 1.69 bits per heavy atom. The number of hydrogen-bond donors (Lipinski definition) is 4. The van der Waals surface area contributed by atoms with Crippen molar-refractivity contribution in [1.82, 2.24) is 0 Å². The Morgan fingerprint density at radius 3 is 1.92 bits per heavy atom. The second-order valence-electron chi connectivity index (χ2n) is 2.52. The van der Waals surface area contributed by atoms with Crippen LogP contribution >= 0.6 is 0 Å². The first kappa shape index (κ1) is 12.0. The molecule has 0 aliphatic rings. The quantitative estimate of drug-likeness (QED) is 0.209. The Balaban J connectivity index is 4.43. The molecule has 0 radical (unpaired) electrons. The van der Waals surface area contributed by atoms with Crippen LogP contribution in [0.15, 0.2) is 0 Å². The van der Waals surface area contributed by atoms with Crippen molar-refractivity contribution in [3.8, 4) is 0 Å². The second kappa shape index (κ2) is 4.92. The van der Waals surface area contributed by atoms with Crippen molar-refractivity contribution in [3.05, 3.63) is 10.1 Å². The normalized spacial score (nSPS) is 13.8. The molecule has 0 rings (SSSR count). The van der Waals surface area contributed by atoms with E-state index in [2.05, 4.69) is 4.84 Å². The van der Waals surface area contributed by atoms with Crippen molar-refractivity contribution < 1.29 is 30.4 Å². The molecule has 0 aliphatic heterocycles. The van der Waals surface area contributed by atoms with Crippen LogP contribution in [0.4, 0.5) is 0 Å². The van der Waals surface area contributed by atoms with Gasteiger partial charge in [-0.25, -0.2) is 0 Å². The maximum Gasteiger partial charge on any atom is 0.297 e. The summed E-state index contributed by atoms with van der Waals surface area (Å²) in [5, 5.41) is 43.5. The van der Waals surface area contributed by atoms with Gasteiger partial charge in [-0.15, -0.1) is 10.1 Å². The number of hydrogen-bond acceptors (Lipinski definition) is 7. The lowest BCUT2D eigenvalue weighted by molar-refractivity contribution is -0.785. The predicted molar refractivity (Wildman–Crippen MR) is 37.8 cm³/mol. The first-order valence-corrected chi connectivity index (χ1v) is 3.34. The first-order chi connectivity index (χ1) is 6.02. The SMILES string of the molecule is O=[N+]([O-])OC(O)C(CO)(CO)CO. The van der Waals surface area contributed by atoms with Crippen molar-refractivity contribution in [2.75, 3.05) is 19.8 Å². The monoisotopic (exact) mass is 197 g/mol. The molecule has 0 aromatic rings. The van der Waals surface area contributed by atoms with Crippen molar-refractivity contribution in [2.45, 2.75) is 6.29 Å². The second-order valence-corrected chi connectivity index (χ2v) is 2.52. The van der Waals surface area contributed by atoms with Crippen LogP contribution in [0.5, 0.6) is 0 Å². The van der Waals surface area contributed by atoms with Gasteiger partial charge in [0.2, 0.25) is 6.29 Å². The van der Waals surface area contributed by atoms with Crippen LogP contribution in [0, 0.1) is 15.5 Å². The van der Waals surface area contributed by atoms with E-state index in [0.29, 0.717) is 0 Å². The molecule has 0 aliphatic carbocycles. The van der Waals surface area contributed by atoms with Crippen LogP contribution < -0.4 is 0 Å². The summed E-state index contributed by atoms with van der Waals surface area (Å²) in [6.07, 6.45) is -2.07. The molecule has 8 heteroatoms. The van der Waals surface area contributed by atoms with Crippen molar-refractivity contribution in [1.29, 1.82) is 0 Å². The minimum atomic E-state index is -2.07. The van der Waals surface area contributed by atoms with Gasteiger partial charge in [0.1, 0.15) is 0 Å². The van der Waals surface area contributed by atoms with Crippen molar-refractivity contribution in [2.24, 2.45) is 5.41 Å². The smallest absolute Gasteiger partial charge is 0.297 e. The van der Waals surface area contributed by atoms with Gasteiger partial charge in [-0.2, -0.15) is 0 Å². The highest BCUT2D eigenvalue weighted by molar-refractivity contribution is 4.79. The van der Waals surface area contributed by atoms with Crippen LogP contribution in [0.2, 0.25) is 0 Å². The third-order valence-electron chi connectivity index (χ3n) is 1.65. The first-order valence-electron chi connectivity index (χ1n) is 3.34. The molecule has 0 bridgehead atoms. The number of rotatable bonds is 6. The average Bonchev–Trinajstić information content (AvgIpc) is 2.07. The molecular formula is C5H11NO7. The lowest BCUT2D eigenvalue weighted by Gasteiger charge is -2.30. The van der Waals surface area contributed by atoms with Gasteiger partial charge in [-0.3, -0.25) is 4.84 Å². The maximum atomic E-state index is 9.78. The van der Waals surface area contributed by atoms with Crippen molar-refractivity contribution in [3.63, 3.8) is 0 Å². The molecule has 8 nitrogen and oxygen atoms in total. The topological polar surface area (TPSA) is 133 Å². The van der Waals surface area contributed by atoms with E-state index in [0.717, 1.165) is 0 Å². The van der Waals surface area contributed by atoms with Crippen molar-refractivity contribution >= 4 is 0 Å². The fraction of sp³-hybridized carbons (Fsp3) is 1.00. The van der Waals surface area contributed by atoms with Gasteiger partial charge in [0.25, 0.3) is 5.09 Å². The number of aliphatic hydroxyl groups excluding tert-OH is 4. The van der Waals surface area contributed by atoms with E-state index in [1.54, 1.807) is 0 Å². The summed E-state index contributed by atoms with van der Waals surface area (Å²) in [4.78, 5) is 13.5. The zero-order valence-corrected chi connectivity index (χ0v) is 6.66. The zero-order valence-electron chi connectivity index (χ0n) is 6.66. The van der Waals surface area contributed by atoms with E-state index in [9.17, 15) is 10.1 Å². The molecule has 4 N–H and O–H groups in total. The molecule has 1 unspecified atom stereocenters. The zero-order chi connectivity index (χ0) is 10.5. The molecule has 0 heterocycles. The van der Waals surface area contributed by atoms with Gasteiger partial charge >= 0.3 is 0 Å². The van der Waals surface area contributed by atoms with Gasteiger partial charge in [0.05, 0.1) is 25.2 Å². The molecule has 0 aromatic carbocycles. The molecule has 0 aromatic heterocycles. The molecule has 13 heavy (non-hydrogen) atoms. The Labute approximate surface area is 73.1 Å². The average molecular weight is 197 g/mol. The Bertz CT molecular complexity index is 160. The van der Waals surface area contributed by atoms with Crippen LogP contribution in [0.25, 0.3) is 0 Å². The molecule has 0 saturated carbocycles. The van der Waals surface area contributed by atoms with Gasteiger partial charge in [-0.1, -0.05) is 0 Å². The summed E-state index contributed by atoms with van der Waals surface area (Å²) in [5.41, 5.74) is -1.83. The molecule has 0 saturated heterocycles. The molecule has 78 valence electrons. The summed E-state index contributed by atoms with van der Waals surface area (Å²) in [6, 6.07) is 0. The maximum absolute atomic E-state index is 9.78. The highest BCUT2D eigenvalue weighted by Crippen LogP contribution is 2.21. The molecule has 0 fully saturated rings. The highest BCUT2D eigenvalue weighted by atomic mass is 17.0. The minimum Gasteiger partial charge on any atom is -0.395 e. The Hall–Kier alpha value is -0.960. The third kappa shape index (κ3) is 2.77. The summed E-state index contributed by atoms with van der Waals surface area (Å²) in [5.74, 6) is 0. The van der Waals surface area contributed by atoms with E-state index < -0.39 is 36.6 Å². The standard InChI is InChI=1S/C5H11NO7/c7-1-5(2-8,3-9)4(10)13-6(11)12/h4,7-10H,1-3H2. The fourth-order valence-corrected chi connectivity index (χ4v) is 0.578. The van der Waals surface area contributed by atoms with E-state index >= 15 is 0 Å². The molecule has 0 amide bonds. The summed E-state index contributed by atoms with van der Waals surface area (Å²) in [7, 11) is 0. The van der Waals surface area contributed by atoms with Crippen LogP contribution in [-0.2, 0) is 4.84 Å². The molecular weight excluding hydrogens is 186 g/mol. The van der Waals surface area contributed by atoms with Gasteiger partial charge < -0.3 is 20.4 Å². The van der Waals surface area contributed by atoms with Crippen LogP contribution in [0.1, 0.15) is 0 Å². The van der Waals surface area contributed by atoms with Gasteiger partial charge in [0.15, 0.2) is 0 Å². The largest absolute Gasteiger partial charge is 0.395 e.